The zero-order chi connectivity index (χ0) is 11.1. The van der Waals surface area contributed by atoms with Crippen molar-refractivity contribution in [2.75, 3.05) is 21.3 Å². The highest BCUT2D eigenvalue weighted by Crippen LogP contribution is 2.00. The molecule has 6 heteroatoms. The van der Waals surface area contributed by atoms with Gasteiger partial charge in [0, 0.05) is 21.3 Å². The maximum atomic E-state index is 4.96. The largest absolute Gasteiger partial charge is 0.377 e. The molecular formula is C9H15N3O3. The molecule has 0 spiro atoms. The Kier molecular flexibility index (Phi) is 5.09. The first kappa shape index (κ1) is 12.0. The van der Waals surface area contributed by atoms with Gasteiger partial charge in [-0.25, -0.2) is 15.0 Å². The summed E-state index contributed by atoms with van der Waals surface area (Å²) >= 11 is 0. The Morgan fingerprint density at radius 2 is 0.933 bits per heavy atom. The summed E-state index contributed by atoms with van der Waals surface area (Å²) in [6.45, 7) is 1.07. The van der Waals surface area contributed by atoms with Crippen LogP contribution < -0.4 is 0 Å². The lowest BCUT2D eigenvalue weighted by atomic mass is 10.5. The molecule has 1 aromatic rings. The zero-order valence-electron chi connectivity index (χ0n) is 9.19. The Bertz CT molecular complexity index is 247. The molecule has 0 aliphatic heterocycles. The number of methoxy groups -OCH3 is 3. The fourth-order valence-electron chi connectivity index (χ4n) is 1.10. The monoisotopic (exact) mass is 213 g/mol. The quantitative estimate of drug-likeness (QED) is 0.677. The number of hydrogen-bond donors (Lipinski definition) is 0. The van der Waals surface area contributed by atoms with Gasteiger partial charge in [0.1, 0.15) is 19.8 Å². The minimum atomic E-state index is 0.357. The van der Waals surface area contributed by atoms with Crippen LogP contribution in [0.25, 0.3) is 0 Å². The standard InChI is InChI=1S/C9H15N3O3/c1-13-4-7-10-8(5-14-2)12-9(11-7)6-15-3/h4-6H2,1-3H3. The number of nitrogens with zero attached hydrogens (tertiary/aromatic N) is 3. The predicted octanol–water partition coefficient (Wildman–Crippen LogP) is 0.311. The SMILES string of the molecule is COCc1nc(COC)nc(COC)n1. The molecule has 0 atom stereocenters. The van der Waals surface area contributed by atoms with Gasteiger partial charge in [0.05, 0.1) is 0 Å². The summed E-state index contributed by atoms with van der Waals surface area (Å²) in [6, 6.07) is 0. The Labute approximate surface area is 88.6 Å². The minimum absolute atomic E-state index is 0.357. The second-order valence-electron chi connectivity index (χ2n) is 2.88. The van der Waals surface area contributed by atoms with Gasteiger partial charge in [0.25, 0.3) is 0 Å². The van der Waals surface area contributed by atoms with Gasteiger partial charge in [-0.05, 0) is 0 Å². The van der Waals surface area contributed by atoms with Crippen molar-refractivity contribution in [1.29, 1.82) is 0 Å². The van der Waals surface area contributed by atoms with E-state index in [1.807, 2.05) is 0 Å². The Morgan fingerprint density at radius 3 is 1.13 bits per heavy atom. The molecule has 15 heavy (non-hydrogen) atoms. The minimum Gasteiger partial charge on any atom is -0.377 e. The number of hydrogen-bond acceptors (Lipinski definition) is 6. The van der Waals surface area contributed by atoms with Crippen LogP contribution in [0.2, 0.25) is 0 Å². The van der Waals surface area contributed by atoms with Gasteiger partial charge in [-0.15, -0.1) is 0 Å². The first-order chi connectivity index (χ1) is 7.30. The summed E-state index contributed by atoms with van der Waals surface area (Å²) in [6.07, 6.45) is 0. The van der Waals surface area contributed by atoms with Crippen molar-refractivity contribution in [2.45, 2.75) is 19.8 Å². The van der Waals surface area contributed by atoms with Crippen molar-refractivity contribution in [3.8, 4) is 0 Å². The van der Waals surface area contributed by atoms with Crippen molar-refractivity contribution in [2.24, 2.45) is 0 Å². The lowest BCUT2D eigenvalue weighted by Gasteiger charge is -2.05. The predicted molar refractivity (Wildman–Crippen MR) is 52.0 cm³/mol. The molecule has 1 heterocycles. The lowest BCUT2D eigenvalue weighted by Crippen LogP contribution is -2.09. The van der Waals surface area contributed by atoms with Gasteiger partial charge in [0.15, 0.2) is 17.5 Å². The third-order valence-electron chi connectivity index (χ3n) is 1.59. The van der Waals surface area contributed by atoms with E-state index in [2.05, 4.69) is 15.0 Å². The smallest absolute Gasteiger partial charge is 0.158 e. The van der Waals surface area contributed by atoms with Gasteiger partial charge in [-0.1, -0.05) is 0 Å². The van der Waals surface area contributed by atoms with E-state index < -0.39 is 0 Å². The molecule has 0 aliphatic carbocycles. The zero-order valence-corrected chi connectivity index (χ0v) is 9.19. The van der Waals surface area contributed by atoms with Crippen molar-refractivity contribution >= 4 is 0 Å². The maximum absolute atomic E-state index is 4.96. The van der Waals surface area contributed by atoms with Crippen molar-refractivity contribution in [3.05, 3.63) is 17.5 Å². The Morgan fingerprint density at radius 1 is 0.667 bits per heavy atom. The average Bonchev–Trinajstić information content (AvgIpc) is 2.19. The summed E-state index contributed by atoms with van der Waals surface area (Å²) in [5.74, 6) is 1.77. The molecule has 0 saturated heterocycles. The summed E-state index contributed by atoms with van der Waals surface area (Å²) in [5.41, 5.74) is 0. The van der Waals surface area contributed by atoms with Crippen molar-refractivity contribution in [1.82, 2.24) is 15.0 Å². The van der Waals surface area contributed by atoms with Crippen LogP contribution >= 0.6 is 0 Å². The molecule has 0 aromatic carbocycles. The van der Waals surface area contributed by atoms with Gasteiger partial charge in [0.2, 0.25) is 0 Å². The van der Waals surface area contributed by atoms with Gasteiger partial charge >= 0.3 is 0 Å². The first-order valence-electron chi connectivity index (χ1n) is 4.49. The molecule has 0 aliphatic rings. The topological polar surface area (TPSA) is 66.4 Å². The molecule has 0 fully saturated rings. The van der Waals surface area contributed by atoms with E-state index in [1.54, 1.807) is 21.3 Å². The normalized spacial score (nSPS) is 10.6. The van der Waals surface area contributed by atoms with Crippen molar-refractivity contribution in [3.63, 3.8) is 0 Å². The highest BCUT2D eigenvalue weighted by Gasteiger charge is 2.05. The van der Waals surface area contributed by atoms with Gasteiger partial charge in [-0.2, -0.15) is 0 Å². The fourth-order valence-corrected chi connectivity index (χ4v) is 1.10. The Balaban J connectivity index is 2.86. The van der Waals surface area contributed by atoms with Crippen LogP contribution in [-0.2, 0) is 34.0 Å². The fraction of sp³-hybridized carbons (Fsp3) is 0.667. The van der Waals surface area contributed by atoms with E-state index in [1.165, 1.54) is 0 Å². The molecule has 1 aromatic heterocycles. The van der Waals surface area contributed by atoms with E-state index >= 15 is 0 Å². The molecule has 1 rings (SSSR count). The van der Waals surface area contributed by atoms with Crippen LogP contribution in [0, 0.1) is 0 Å². The molecule has 0 radical (unpaired) electrons. The van der Waals surface area contributed by atoms with Crippen LogP contribution in [0.4, 0.5) is 0 Å². The molecule has 0 amide bonds. The van der Waals surface area contributed by atoms with Crippen LogP contribution in [0.3, 0.4) is 0 Å². The highest BCUT2D eigenvalue weighted by molar-refractivity contribution is 4.95. The van der Waals surface area contributed by atoms with Crippen LogP contribution in [0.1, 0.15) is 17.5 Å². The highest BCUT2D eigenvalue weighted by atomic mass is 16.5. The Hall–Kier alpha value is -1.11. The van der Waals surface area contributed by atoms with Crippen LogP contribution in [0.15, 0.2) is 0 Å². The van der Waals surface area contributed by atoms with Crippen LogP contribution in [-0.4, -0.2) is 36.3 Å². The second-order valence-corrected chi connectivity index (χ2v) is 2.88. The summed E-state index contributed by atoms with van der Waals surface area (Å²) in [4.78, 5) is 12.5. The van der Waals surface area contributed by atoms with Crippen molar-refractivity contribution < 1.29 is 14.2 Å². The van der Waals surface area contributed by atoms with E-state index in [-0.39, 0.29) is 0 Å². The maximum Gasteiger partial charge on any atom is 0.158 e. The van der Waals surface area contributed by atoms with Crippen LogP contribution in [0.5, 0.6) is 0 Å². The lowest BCUT2D eigenvalue weighted by molar-refractivity contribution is 0.158. The molecule has 0 unspecified atom stereocenters. The summed E-state index contributed by atoms with van der Waals surface area (Å²) in [5, 5.41) is 0. The third-order valence-corrected chi connectivity index (χ3v) is 1.59. The molecule has 84 valence electrons. The van der Waals surface area contributed by atoms with E-state index in [9.17, 15) is 0 Å². The van der Waals surface area contributed by atoms with E-state index in [0.717, 1.165) is 0 Å². The second kappa shape index (κ2) is 6.39. The molecule has 0 saturated carbocycles. The van der Waals surface area contributed by atoms with E-state index in [0.29, 0.717) is 37.3 Å². The number of ether oxygens (including phenoxy) is 3. The molecule has 0 N–H and O–H groups in total. The van der Waals surface area contributed by atoms with E-state index in [4.69, 9.17) is 14.2 Å². The average molecular weight is 213 g/mol. The molecule has 6 nitrogen and oxygen atoms in total. The number of rotatable bonds is 6. The summed E-state index contributed by atoms with van der Waals surface area (Å²) < 4.78 is 14.9. The number of aromatic nitrogens is 3. The first-order valence-corrected chi connectivity index (χ1v) is 4.49. The molecule has 0 bridgehead atoms. The third kappa shape index (κ3) is 3.86. The van der Waals surface area contributed by atoms with Gasteiger partial charge in [-0.3, -0.25) is 0 Å². The van der Waals surface area contributed by atoms with Gasteiger partial charge < -0.3 is 14.2 Å². The molecular weight excluding hydrogens is 198 g/mol. The summed E-state index contributed by atoms with van der Waals surface area (Å²) in [7, 11) is 4.78.